The molecular weight excluding hydrogens is 262 g/mol. The fourth-order valence-electron chi connectivity index (χ4n) is 2.25. The third kappa shape index (κ3) is 3.75. The molecule has 6 heteroatoms. The lowest BCUT2D eigenvalue weighted by Crippen LogP contribution is -2.46. The van der Waals surface area contributed by atoms with Crippen molar-refractivity contribution in [2.45, 2.75) is 6.92 Å². The lowest BCUT2D eigenvalue weighted by Gasteiger charge is -2.35. The summed E-state index contributed by atoms with van der Waals surface area (Å²) in [6.07, 6.45) is 0. The van der Waals surface area contributed by atoms with E-state index in [-0.39, 0.29) is 5.96 Å². The molecule has 1 fully saturated rings. The number of guanidine groups is 1. The Morgan fingerprint density at radius 3 is 2.42 bits per heavy atom. The van der Waals surface area contributed by atoms with Crippen molar-refractivity contribution in [2.75, 3.05) is 42.9 Å². The first-order valence-corrected chi connectivity index (χ1v) is 6.85. The average Bonchev–Trinajstić information content (AvgIpc) is 2.48. The van der Waals surface area contributed by atoms with E-state index < -0.39 is 0 Å². The van der Waals surface area contributed by atoms with E-state index in [9.17, 15) is 0 Å². The van der Waals surface area contributed by atoms with Crippen LogP contribution in [0.4, 0.5) is 11.4 Å². The first kappa shape index (κ1) is 14.0. The van der Waals surface area contributed by atoms with Gasteiger partial charge in [0, 0.05) is 49.3 Å². The molecule has 1 saturated heterocycles. The van der Waals surface area contributed by atoms with Gasteiger partial charge < -0.3 is 20.9 Å². The first-order valence-electron chi connectivity index (χ1n) is 6.51. The minimum Gasteiger partial charge on any atom is -0.369 e. The number of nitrogens with one attached hydrogen (secondary N) is 1. The number of benzene rings is 1. The van der Waals surface area contributed by atoms with Gasteiger partial charge in [-0.05, 0) is 30.8 Å². The molecule has 19 heavy (non-hydrogen) atoms. The highest BCUT2D eigenvalue weighted by Crippen LogP contribution is 2.19. The van der Waals surface area contributed by atoms with Crippen molar-refractivity contribution >= 4 is 29.1 Å². The summed E-state index contributed by atoms with van der Waals surface area (Å²) in [6, 6.07) is 8.14. The van der Waals surface area contributed by atoms with Crippen LogP contribution in [0.25, 0.3) is 0 Å². The summed E-state index contributed by atoms with van der Waals surface area (Å²) in [7, 11) is 0. The Labute approximate surface area is 119 Å². The third-order valence-corrected chi connectivity index (χ3v) is 3.60. The van der Waals surface area contributed by atoms with E-state index in [1.807, 2.05) is 12.1 Å². The van der Waals surface area contributed by atoms with Crippen LogP contribution in [0.2, 0.25) is 0 Å². The van der Waals surface area contributed by atoms with E-state index >= 15 is 0 Å². The van der Waals surface area contributed by atoms with E-state index in [1.54, 1.807) is 0 Å². The van der Waals surface area contributed by atoms with E-state index in [1.165, 1.54) is 5.69 Å². The number of halogens is 1. The minimum absolute atomic E-state index is 0.200. The van der Waals surface area contributed by atoms with Crippen molar-refractivity contribution in [3.8, 4) is 0 Å². The average molecular weight is 282 g/mol. The molecule has 0 amide bonds. The van der Waals surface area contributed by atoms with Crippen LogP contribution in [-0.2, 0) is 0 Å². The molecule has 1 aromatic rings. The normalized spacial score (nSPS) is 17.6. The van der Waals surface area contributed by atoms with E-state index in [0.717, 1.165) is 38.4 Å². The van der Waals surface area contributed by atoms with Crippen LogP contribution in [-0.4, -0.2) is 43.6 Å². The number of likely N-dealkylation sites (N-methyl/N-ethyl adjacent to an activating group) is 1. The van der Waals surface area contributed by atoms with Crippen LogP contribution < -0.4 is 16.0 Å². The lowest BCUT2D eigenvalue weighted by atomic mass is 10.2. The van der Waals surface area contributed by atoms with Gasteiger partial charge in [0.25, 0.3) is 0 Å². The Morgan fingerprint density at radius 2 is 1.89 bits per heavy atom. The maximum atomic E-state index is 5.51. The Hall–Kier alpha value is -1.46. The second-order valence-corrected chi connectivity index (χ2v) is 4.73. The third-order valence-electron chi connectivity index (χ3n) is 3.42. The predicted octanol–water partition coefficient (Wildman–Crippen LogP) is 1.71. The SMILES string of the molecule is CCN1CCN(c2ccc(NC(N)=NCl)cc2)CC1. The zero-order valence-corrected chi connectivity index (χ0v) is 11.9. The quantitative estimate of drug-likeness (QED) is 0.654. The fourth-order valence-corrected chi connectivity index (χ4v) is 2.29. The number of nitrogens with zero attached hydrogens (tertiary/aromatic N) is 3. The first-order chi connectivity index (χ1) is 9.22. The van der Waals surface area contributed by atoms with Gasteiger partial charge in [0.15, 0.2) is 0 Å². The predicted molar refractivity (Wildman–Crippen MR) is 81.9 cm³/mol. The number of anilines is 2. The molecule has 1 aromatic carbocycles. The molecule has 0 aromatic heterocycles. The summed E-state index contributed by atoms with van der Waals surface area (Å²) in [4.78, 5) is 4.86. The van der Waals surface area contributed by atoms with Crippen molar-refractivity contribution < 1.29 is 0 Å². The maximum Gasteiger partial charge on any atom is 0.210 e. The zero-order valence-electron chi connectivity index (χ0n) is 11.1. The standard InChI is InChI=1S/C13H20ClN5/c1-2-18-7-9-19(10-8-18)12-5-3-11(4-6-12)16-13(15)17-14/h3-6H,2,7-10H2,1H3,(H3,15,16,17). The topological polar surface area (TPSA) is 56.9 Å². The molecule has 3 N–H and O–H groups in total. The molecule has 2 rings (SSSR count). The Morgan fingerprint density at radius 1 is 1.26 bits per heavy atom. The summed E-state index contributed by atoms with van der Waals surface area (Å²) >= 11 is 5.27. The van der Waals surface area contributed by atoms with Crippen LogP contribution in [0, 0.1) is 0 Å². The molecule has 1 heterocycles. The molecule has 1 aliphatic rings. The van der Waals surface area contributed by atoms with Gasteiger partial charge in [-0.2, -0.15) is 0 Å². The van der Waals surface area contributed by atoms with Gasteiger partial charge in [-0.3, -0.25) is 0 Å². The molecule has 1 aliphatic heterocycles. The highest BCUT2D eigenvalue weighted by atomic mass is 35.5. The number of nitrogens with two attached hydrogens (primary N) is 1. The minimum atomic E-state index is 0.200. The second-order valence-electron chi connectivity index (χ2n) is 4.56. The largest absolute Gasteiger partial charge is 0.369 e. The molecule has 0 saturated carbocycles. The highest BCUT2D eigenvalue weighted by Gasteiger charge is 2.15. The lowest BCUT2D eigenvalue weighted by molar-refractivity contribution is 0.271. The smallest absolute Gasteiger partial charge is 0.210 e. The van der Waals surface area contributed by atoms with Gasteiger partial charge in [-0.15, -0.1) is 4.51 Å². The molecule has 0 radical (unpaired) electrons. The van der Waals surface area contributed by atoms with Gasteiger partial charge in [-0.1, -0.05) is 6.92 Å². The van der Waals surface area contributed by atoms with Crippen molar-refractivity contribution in [1.82, 2.24) is 4.90 Å². The Kier molecular flexibility index (Phi) is 4.87. The molecule has 104 valence electrons. The van der Waals surface area contributed by atoms with Crippen LogP contribution in [0.15, 0.2) is 28.8 Å². The van der Waals surface area contributed by atoms with Crippen molar-refractivity contribution in [3.63, 3.8) is 0 Å². The highest BCUT2D eigenvalue weighted by molar-refractivity contribution is 6.20. The van der Waals surface area contributed by atoms with Crippen LogP contribution in [0.3, 0.4) is 0 Å². The Balaban J connectivity index is 1.95. The molecule has 0 unspecified atom stereocenters. The summed E-state index contributed by atoms with van der Waals surface area (Å²) in [5.74, 6) is 0.200. The van der Waals surface area contributed by atoms with Crippen LogP contribution in [0.1, 0.15) is 6.92 Å². The molecule has 0 spiro atoms. The number of hydrogen-bond acceptors (Lipinski definition) is 3. The van der Waals surface area contributed by atoms with Gasteiger partial charge in [0.1, 0.15) is 0 Å². The van der Waals surface area contributed by atoms with Gasteiger partial charge in [-0.25, -0.2) is 0 Å². The van der Waals surface area contributed by atoms with Crippen molar-refractivity contribution in [1.29, 1.82) is 0 Å². The molecular formula is C13H20ClN5. The van der Waals surface area contributed by atoms with Crippen LogP contribution in [0.5, 0.6) is 0 Å². The Bertz CT molecular complexity index is 423. The number of hydrogen-bond donors (Lipinski definition) is 2. The monoisotopic (exact) mass is 281 g/mol. The molecule has 5 nitrogen and oxygen atoms in total. The number of piperazine rings is 1. The van der Waals surface area contributed by atoms with Crippen molar-refractivity contribution in [3.05, 3.63) is 24.3 Å². The summed E-state index contributed by atoms with van der Waals surface area (Å²) in [6.45, 7) is 7.75. The van der Waals surface area contributed by atoms with E-state index in [4.69, 9.17) is 17.5 Å². The summed E-state index contributed by atoms with van der Waals surface area (Å²) in [5, 5.41) is 2.91. The van der Waals surface area contributed by atoms with E-state index in [0.29, 0.717) is 0 Å². The van der Waals surface area contributed by atoms with Crippen molar-refractivity contribution in [2.24, 2.45) is 10.2 Å². The maximum absolute atomic E-state index is 5.51. The molecule has 0 atom stereocenters. The van der Waals surface area contributed by atoms with Gasteiger partial charge >= 0.3 is 0 Å². The second kappa shape index (κ2) is 6.63. The van der Waals surface area contributed by atoms with E-state index in [2.05, 4.69) is 38.7 Å². The summed E-state index contributed by atoms with van der Waals surface area (Å²) < 4.78 is 3.35. The molecule has 0 aliphatic carbocycles. The summed E-state index contributed by atoms with van der Waals surface area (Å²) in [5.41, 5.74) is 7.63. The number of rotatable bonds is 3. The van der Waals surface area contributed by atoms with Gasteiger partial charge in [0.05, 0.1) is 0 Å². The van der Waals surface area contributed by atoms with Gasteiger partial charge in [0.2, 0.25) is 5.96 Å². The molecule has 0 bridgehead atoms. The van der Waals surface area contributed by atoms with Crippen LogP contribution >= 0.6 is 11.8 Å². The zero-order chi connectivity index (χ0) is 13.7. The fraction of sp³-hybridized carbons (Fsp3) is 0.462.